The largest absolute Gasteiger partial charge is 0.477 e. The lowest BCUT2D eigenvalue weighted by Gasteiger charge is -2.20. The van der Waals surface area contributed by atoms with Crippen molar-refractivity contribution in [1.82, 2.24) is 4.98 Å². The van der Waals surface area contributed by atoms with Crippen LogP contribution in [0.25, 0.3) is 0 Å². The molecule has 0 unspecified atom stereocenters. The van der Waals surface area contributed by atoms with Crippen molar-refractivity contribution in [3.8, 4) is 5.88 Å². The van der Waals surface area contributed by atoms with Crippen LogP contribution in [0, 0.1) is 5.92 Å². The summed E-state index contributed by atoms with van der Waals surface area (Å²) >= 11 is 0. The van der Waals surface area contributed by atoms with E-state index in [-0.39, 0.29) is 5.41 Å². The van der Waals surface area contributed by atoms with Gasteiger partial charge in [0.1, 0.15) is 0 Å². The van der Waals surface area contributed by atoms with E-state index >= 15 is 0 Å². The van der Waals surface area contributed by atoms with Crippen LogP contribution in [-0.2, 0) is 12.0 Å². The van der Waals surface area contributed by atoms with Gasteiger partial charge in [-0.2, -0.15) is 0 Å². The van der Waals surface area contributed by atoms with E-state index in [1.54, 1.807) is 0 Å². The third kappa shape index (κ3) is 4.35. The predicted molar refractivity (Wildman–Crippen MR) is 71.2 cm³/mol. The highest BCUT2D eigenvalue weighted by Gasteiger charge is 2.17. The Morgan fingerprint density at radius 1 is 1.29 bits per heavy atom. The van der Waals surface area contributed by atoms with Gasteiger partial charge >= 0.3 is 0 Å². The summed E-state index contributed by atoms with van der Waals surface area (Å²) in [5, 5.41) is 0. The van der Waals surface area contributed by atoms with Crippen molar-refractivity contribution in [3.63, 3.8) is 0 Å². The first-order valence-corrected chi connectivity index (χ1v) is 6.17. The van der Waals surface area contributed by atoms with E-state index < -0.39 is 0 Å². The molecular weight excluding hydrogens is 212 g/mol. The monoisotopic (exact) mass is 236 g/mol. The van der Waals surface area contributed by atoms with Crippen LogP contribution in [0.3, 0.4) is 0 Å². The van der Waals surface area contributed by atoms with Crippen molar-refractivity contribution >= 4 is 0 Å². The molecule has 17 heavy (non-hydrogen) atoms. The molecule has 0 fully saturated rings. The fraction of sp³-hybridized carbons (Fsp3) is 0.643. The molecule has 96 valence electrons. The van der Waals surface area contributed by atoms with Crippen LogP contribution in [0.5, 0.6) is 5.88 Å². The second-order valence-electron chi connectivity index (χ2n) is 5.86. The molecule has 0 atom stereocenters. The number of hydrogen-bond donors (Lipinski definition) is 1. The Labute approximate surface area is 104 Å². The normalized spacial score (nSPS) is 11.9. The van der Waals surface area contributed by atoms with Crippen LogP contribution in [0.4, 0.5) is 0 Å². The van der Waals surface area contributed by atoms with Gasteiger partial charge in [-0.15, -0.1) is 0 Å². The van der Waals surface area contributed by atoms with Gasteiger partial charge in [-0.1, -0.05) is 34.6 Å². The average molecular weight is 236 g/mol. The topological polar surface area (TPSA) is 48.1 Å². The van der Waals surface area contributed by atoms with Crippen LogP contribution in [-0.4, -0.2) is 11.6 Å². The van der Waals surface area contributed by atoms with E-state index in [2.05, 4.69) is 45.7 Å². The summed E-state index contributed by atoms with van der Waals surface area (Å²) in [6.07, 6.45) is 0. The van der Waals surface area contributed by atoms with Gasteiger partial charge in [0.25, 0.3) is 0 Å². The highest BCUT2D eigenvalue weighted by molar-refractivity contribution is 5.28. The summed E-state index contributed by atoms with van der Waals surface area (Å²) in [5.41, 5.74) is 7.82. The first-order valence-electron chi connectivity index (χ1n) is 6.17. The van der Waals surface area contributed by atoms with Crippen molar-refractivity contribution in [2.45, 2.75) is 46.6 Å². The summed E-state index contributed by atoms with van der Waals surface area (Å²) in [7, 11) is 0. The van der Waals surface area contributed by atoms with Crippen LogP contribution in [0.1, 0.15) is 45.9 Å². The van der Waals surface area contributed by atoms with Crippen LogP contribution in [0.15, 0.2) is 12.1 Å². The molecule has 3 nitrogen and oxygen atoms in total. The van der Waals surface area contributed by atoms with Crippen molar-refractivity contribution in [2.75, 3.05) is 6.61 Å². The molecule has 1 aromatic heterocycles. The van der Waals surface area contributed by atoms with Gasteiger partial charge in [-0.3, -0.25) is 0 Å². The molecule has 0 spiro atoms. The number of nitrogens with zero attached hydrogens (tertiary/aromatic N) is 1. The van der Waals surface area contributed by atoms with E-state index in [1.807, 2.05) is 6.07 Å². The number of rotatable bonds is 4. The maximum absolute atomic E-state index is 5.70. The van der Waals surface area contributed by atoms with Crippen molar-refractivity contribution in [1.29, 1.82) is 0 Å². The molecule has 1 aromatic rings. The molecule has 1 rings (SSSR count). The molecule has 1 heterocycles. The van der Waals surface area contributed by atoms with Crippen molar-refractivity contribution in [2.24, 2.45) is 11.7 Å². The summed E-state index contributed by atoms with van der Waals surface area (Å²) in [4.78, 5) is 4.55. The third-order valence-corrected chi connectivity index (χ3v) is 2.43. The zero-order chi connectivity index (χ0) is 13.1. The minimum absolute atomic E-state index is 0.0150. The van der Waals surface area contributed by atoms with Gasteiger partial charge in [0.15, 0.2) is 0 Å². The minimum atomic E-state index is 0.0150. The fourth-order valence-corrected chi connectivity index (χ4v) is 1.39. The standard InChI is InChI=1S/C14H24N2O/c1-10(2)9-17-13-7-11(8-15)6-12(16-13)14(3,4)5/h6-7,10H,8-9,15H2,1-5H3. The molecule has 3 heteroatoms. The van der Waals surface area contributed by atoms with Gasteiger partial charge in [0, 0.05) is 18.0 Å². The Bertz CT molecular complexity index is 367. The molecule has 0 aliphatic heterocycles. The molecule has 0 radical (unpaired) electrons. The van der Waals surface area contributed by atoms with Gasteiger partial charge < -0.3 is 10.5 Å². The summed E-state index contributed by atoms with van der Waals surface area (Å²) < 4.78 is 5.68. The predicted octanol–water partition coefficient (Wildman–Crippen LogP) is 2.87. The Hall–Kier alpha value is -1.09. The summed E-state index contributed by atoms with van der Waals surface area (Å²) in [6, 6.07) is 3.99. The summed E-state index contributed by atoms with van der Waals surface area (Å²) in [5.74, 6) is 1.18. The van der Waals surface area contributed by atoms with Crippen molar-refractivity contribution in [3.05, 3.63) is 23.4 Å². The smallest absolute Gasteiger partial charge is 0.213 e. The quantitative estimate of drug-likeness (QED) is 0.874. The van der Waals surface area contributed by atoms with Gasteiger partial charge in [-0.25, -0.2) is 4.98 Å². The van der Waals surface area contributed by atoms with Crippen LogP contribution in [0.2, 0.25) is 0 Å². The maximum atomic E-state index is 5.70. The van der Waals surface area contributed by atoms with Crippen LogP contribution < -0.4 is 10.5 Å². The Kier molecular flexibility index (Phi) is 4.52. The van der Waals surface area contributed by atoms with Crippen LogP contribution >= 0.6 is 0 Å². The average Bonchev–Trinajstić information content (AvgIpc) is 2.24. The zero-order valence-electron chi connectivity index (χ0n) is 11.6. The molecule has 0 saturated heterocycles. The number of ether oxygens (including phenoxy) is 1. The Morgan fingerprint density at radius 3 is 2.41 bits per heavy atom. The third-order valence-electron chi connectivity index (χ3n) is 2.43. The Balaban J connectivity index is 2.97. The molecule has 0 amide bonds. The Morgan fingerprint density at radius 2 is 1.94 bits per heavy atom. The SMILES string of the molecule is CC(C)COc1cc(CN)cc(C(C)(C)C)n1. The number of aromatic nitrogens is 1. The lowest BCUT2D eigenvalue weighted by Crippen LogP contribution is -2.16. The molecule has 0 aliphatic rings. The molecular formula is C14H24N2O. The first-order chi connectivity index (χ1) is 7.82. The maximum Gasteiger partial charge on any atom is 0.213 e. The molecule has 0 bridgehead atoms. The van der Waals surface area contributed by atoms with Gasteiger partial charge in [0.05, 0.1) is 12.3 Å². The van der Waals surface area contributed by atoms with E-state index in [0.29, 0.717) is 24.9 Å². The van der Waals surface area contributed by atoms with Gasteiger partial charge in [0.2, 0.25) is 5.88 Å². The molecule has 0 aromatic carbocycles. The van der Waals surface area contributed by atoms with E-state index in [9.17, 15) is 0 Å². The zero-order valence-corrected chi connectivity index (χ0v) is 11.6. The molecule has 0 aliphatic carbocycles. The van der Waals surface area contributed by atoms with Crippen molar-refractivity contribution < 1.29 is 4.74 Å². The molecule has 2 N–H and O–H groups in total. The minimum Gasteiger partial charge on any atom is -0.477 e. The molecule has 0 saturated carbocycles. The van der Waals surface area contributed by atoms with E-state index in [4.69, 9.17) is 10.5 Å². The lowest BCUT2D eigenvalue weighted by molar-refractivity contribution is 0.259. The highest BCUT2D eigenvalue weighted by atomic mass is 16.5. The second kappa shape index (κ2) is 5.50. The van der Waals surface area contributed by atoms with E-state index in [0.717, 1.165) is 11.3 Å². The first kappa shape index (κ1) is 14.0. The number of pyridine rings is 1. The van der Waals surface area contributed by atoms with Gasteiger partial charge in [-0.05, 0) is 17.5 Å². The lowest BCUT2D eigenvalue weighted by atomic mass is 9.91. The second-order valence-corrected chi connectivity index (χ2v) is 5.86. The summed E-state index contributed by atoms with van der Waals surface area (Å²) in [6.45, 7) is 11.9. The highest BCUT2D eigenvalue weighted by Crippen LogP contribution is 2.24. The fourth-order valence-electron chi connectivity index (χ4n) is 1.39. The number of hydrogen-bond acceptors (Lipinski definition) is 3. The number of nitrogens with two attached hydrogens (primary N) is 1. The van der Waals surface area contributed by atoms with E-state index in [1.165, 1.54) is 0 Å².